The van der Waals surface area contributed by atoms with Gasteiger partial charge in [0.05, 0.1) is 5.56 Å². The van der Waals surface area contributed by atoms with E-state index < -0.39 is 0 Å². The Balaban J connectivity index is 2.81. The molecule has 0 aliphatic carbocycles. The molecule has 0 amide bonds. The molecule has 0 radical (unpaired) electrons. The molecule has 0 fully saturated rings. The molecule has 0 aliphatic rings. The Morgan fingerprint density at radius 3 is 2.61 bits per heavy atom. The molecule has 0 aliphatic heterocycles. The van der Waals surface area contributed by atoms with Crippen molar-refractivity contribution in [2.24, 2.45) is 0 Å². The molecule has 0 aromatic heterocycles. The molecule has 1 N–H and O–H groups in total. The minimum Gasteiger partial charge on any atom is -0.313 e. The number of nitrogens with one attached hydrogen (secondary N) is 1. The monoisotopic (exact) mass is 262 g/mol. The summed E-state index contributed by atoms with van der Waals surface area (Å²) in [6.07, 6.45) is 1.13. The third kappa shape index (κ3) is 5.12. The number of benzene rings is 1. The summed E-state index contributed by atoms with van der Waals surface area (Å²) in [6.45, 7) is 10.5. The highest BCUT2D eigenvalue weighted by Gasteiger charge is 2.15. The van der Waals surface area contributed by atoms with Crippen LogP contribution in [0.25, 0.3) is 0 Å². The van der Waals surface area contributed by atoms with Crippen LogP contribution >= 0.6 is 11.8 Å². The summed E-state index contributed by atoms with van der Waals surface area (Å²) < 4.78 is 0.133. The largest absolute Gasteiger partial charge is 0.313 e. The molecule has 0 spiro atoms. The molecule has 0 saturated heterocycles. The van der Waals surface area contributed by atoms with Crippen molar-refractivity contribution in [3.8, 4) is 6.07 Å². The van der Waals surface area contributed by atoms with Crippen molar-refractivity contribution in [3.63, 3.8) is 0 Å². The van der Waals surface area contributed by atoms with Crippen LogP contribution in [0.1, 0.15) is 45.2 Å². The van der Waals surface area contributed by atoms with E-state index in [2.05, 4.69) is 51.2 Å². The number of hydrogen-bond acceptors (Lipinski definition) is 3. The molecular formula is C15H22N2S. The fraction of sp³-hybridized carbons (Fsp3) is 0.533. The lowest BCUT2D eigenvalue weighted by Gasteiger charge is -2.18. The average Bonchev–Trinajstić information content (AvgIpc) is 2.29. The second kappa shape index (κ2) is 6.82. The van der Waals surface area contributed by atoms with Crippen molar-refractivity contribution >= 4 is 11.8 Å². The minimum absolute atomic E-state index is 0.133. The number of nitriles is 1. The summed E-state index contributed by atoms with van der Waals surface area (Å²) in [7, 11) is 0. The Bertz CT molecular complexity index is 427. The molecule has 0 heterocycles. The van der Waals surface area contributed by atoms with Gasteiger partial charge in [-0.3, -0.25) is 0 Å². The third-order valence-corrected chi connectivity index (χ3v) is 3.52. The van der Waals surface area contributed by atoms with Gasteiger partial charge in [-0.25, -0.2) is 0 Å². The maximum absolute atomic E-state index is 9.23. The maximum Gasteiger partial charge on any atom is 0.100 e. The Hall–Kier alpha value is -0.980. The molecule has 18 heavy (non-hydrogen) atoms. The van der Waals surface area contributed by atoms with Gasteiger partial charge < -0.3 is 5.32 Å². The van der Waals surface area contributed by atoms with Gasteiger partial charge in [0.1, 0.15) is 6.07 Å². The molecule has 98 valence electrons. The van der Waals surface area contributed by atoms with E-state index in [1.807, 2.05) is 6.07 Å². The zero-order valence-electron chi connectivity index (χ0n) is 11.7. The molecule has 0 bridgehead atoms. The zero-order valence-corrected chi connectivity index (χ0v) is 12.5. The lowest BCUT2D eigenvalue weighted by Crippen LogP contribution is -2.14. The number of rotatable bonds is 5. The van der Waals surface area contributed by atoms with Gasteiger partial charge in [-0.05, 0) is 30.7 Å². The van der Waals surface area contributed by atoms with E-state index in [0.29, 0.717) is 0 Å². The summed E-state index contributed by atoms with van der Waals surface area (Å²) in [5.41, 5.74) is 1.96. The third-order valence-electron chi connectivity index (χ3n) is 2.34. The highest BCUT2D eigenvalue weighted by Crippen LogP contribution is 2.34. The molecule has 0 saturated carbocycles. The van der Waals surface area contributed by atoms with E-state index in [9.17, 15) is 5.26 Å². The predicted octanol–water partition coefficient (Wildman–Crippen LogP) is 3.95. The highest BCUT2D eigenvalue weighted by molar-refractivity contribution is 8.00. The van der Waals surface area contributed by atoms with Crippen molar-refractivity contribution in [1.29, 1.82) is 5.26 Å². The van der Waals surface area contributed by atoms with E-state index >= 15 is 0 Å². The van der Waals surface area contributed by atoms with E-state index in [4.69, 9.17) is 0 Å². The van der Waals surface area contributed by atoms with Crippen LogP contribution in [0.3, 0.4) is 0 Å². The maximum atomic E-state index is 9.23. The first-order valence-corrected chi connectivity index (χ1v) is 7.20. The summed E-state index contributed by atoms with van der Waals surface area (Å²) >= 11 is 1.75. The van der Waals surface area contributed by atoms with E-state index in [1.165, 1.54) is 5.56 Å². The van der Waals surface area contributed by atoms with Gasteiger partial charge in [0.15, 0.2) is 0 Å². The van der Waals surface area contributed by atoms with Crippen molar-refractivity contribution in [2.75, 3.05) is 6.54 Å². The zero-order chi connectivity index (χ0) is 13.6. The quantitative estimate of drug-likeness (QED) is 0.644. The van der Waals surface area contributed by atoms with Crippen LogP contribution in [-0.2, 0) is 6.54 Å². The van der Waals surface area contributed by atoms with Gasteiger partial charge in [0.25, 0.3) is 0 Å². The summed E-state index contributed by atoms with van der Waals surface area (Å²) in [5.74, 6) is 0. The summed E-state index contributed by atoms with van der Waals surface area (Å²) in [6, 6.07) is 8.47. The van der Waals surface area contributed by atoms with E-state index in [0.717, 1.165) is 30.0 Å². The molecule has 1 aromatic rings. The molecule has 3 heteroatoms. The minimum atomic E-state index is 0.133. The van der Waals surface area contributed by atoms with Crippen LogP contribution in [0, 0.1) is 11.3 Å². The van der Waals surface area contributed by atoms with E-state index in [1.54, 1.807) is 11.8 Å². The van der Waals surface area contributed by atoms with Crippen molar-refractivity contribution in [2.45, 2.75) is 50.3 Å². The standard InChI is InChI=1S/C15H22N2S/c1-5-8-17-11-12-6-7-14(13(9-12)10-16)18-15(2,3)4/h6-7,9,17H,5,8,11H2,1-4H3. The Morgan fingerprint density at radius 2 is 2.06 bits per heavy atom. The Kier molecular flexibility index (Phi) is 5.71. The normalized spacial score (nSPS) is 11.3. The van der Waals surface area contributed by atoms with Crippen LogP contribution in [-0.4, -0.2) is 11.3 Å². The highest BCUT2D eigenvalue weighted by atomic mass is 32.2. The van der Waals surface area contributed by atoms with Gasteiger partial charge in [-0.1, -0.05) is 33.8 Å². The Morgan fingerprint density at radius 1 is 1.33 bits per heavy atom. The number of hydrogen-bond donors (Lipinski definition) is 1. The fourth-order valence-electron chi connectivity index (χ4n) is 1.60. The van der Waals surface area contributed by atoms with Gasteiger partial charge in [0.2, 0.25) is 0 Å². The number of thioether (sulfide) groups is 1. The first-order chi connectivity index (χ1) is 8.46. The van der Waals surface area contributed by atoms with Gasteiger partial charge in [-0.15, -0.1) is 11.8 Å². The molecule has 1 rings (SSSR count). The summed E-state index contributed by atoms with van der Waals surface area (Å²) in [5, 5.41) is 12.6. The lowest BCUT2D eigenvalue weighted by atomic mass is 10.1. The lowest BCUT2D eigenvalue weighted by molar-refractivity contribution is 0.675. The summed E-state index contributed by atoms with van der Waals surface area (Å²) in [4.78, 5) is 1.07. The van der Waals surface area contributed by atoms with Crippen molar-refractivity contribution in [3.05, 3.63) is 29.3 Å². The van der Waals surface area contributed by atoms with Crippen LogP contribution in [0.15, 0.2) is 23.1 Å². The van der Waals surface area contributed by atoms with Gasteiger partial charge in [-0.2, -0.15) is 5.26 Å². The molecule has 0 atom stereocenters. The molecule has 1 aromatic carbocycles. The first kappa shape index (κ1) is 15.1. The first-order valence-electron chi connectivity index (χ1n) is 6.39. The number of nitrogens with zero attached hydrogens (tertiary/aromatic N) is 1. The van der Waals surface area contributed by atoms with Crippen molar-refractivity contribution in [1.82, 2.24) is 5.32 Å². The van der Waals surface area contributed by atoms with Crippen LogP contribution in [0.4, 0.5) is 0 Å². The van der Waals surface area contributed by atoms with Crippen LogP contribution in [0.5, 0.6) is 0 Å². The average molecular weight is 262 g/mol. The van der Waals surface area contributed by atoms with Gasteiger partial charge >= 0.3 is 0 Å². The molecular weight excluding hydrogens is 240 g/mol. The van der Waals surface area contributed by atoms with Crippen LogP contribution < -0.4 is 5.32 Å². The smallest absolute Gasteiger partial charge is 0.100 e. The fourth-order valence-corrected chi connectivity index (χ4v) is 2.61. The predicted molar refractivity (Wildman–Crippen MR) is 78.8 cm³/mol. The molecule has 2 nitrogen and oxygen atoms in total. The van der Waals surface area contributed by atoms with E-state index in [-0.39, 0.29) is 4.75 Å². The van der Waals surface area contributed by atoms with Crippen LogP contribution in [0.2, 0.25) is 0 Å². The topological polar surface area (TPSA) is 35.8 Å². The second-order valence-corrected chi connectivity index (χ2v) is 7.20. The van der Waals surface area contributed by atoms with Crippen molar-refractivity contribution < 1.29 is 0 Å². The Labute approximate surface area is 115 Å². The second-order valence-electron chi connectivity index (χ2n) is 5.33. The SMILES string of the molecule is CCCNCc1ccc(SC(C)(C)C)c(C#N)c1. The molecule has 0 unspecified atom stereocenters. The van der Waals surface area contributed by atoms with Gasteiger partial charge in [0, 0.05) is 16.2 Å².